The van der Waals surface area contributed by atoms with Gasteiger partial charge >= 0.3 is 0 Å². The number of hydrogen-bond acceptors (Lipinski definition) is 2. The first-order valence-corrected chi connectivity index (χ1v) is 2.27. The SMILES string of the molecule is COC[CH]C(C)O. The Morgan fingerprint density at radius 2 is 2.43 bits per heavy atom. The maximum atomic E-state index is 8.55. The van der Waals surface area contributed by atoms with Crippen molar-refractivity contribution in [2.75, 3.05) is 13.7 Å². The minimum Gasteiger partial charge on any atom is -0.393 e. The molecule has 0 amide bonds. The van der Waals surface area contributed by atoms with Gasteiger partial charge in [0.05, 0.1) is 12.7 Å². The first-order chi connectivity index (χ1) is 3.27. The third kappa shape index (κ3) is 5.92. The fraction of sp³-hybridized carbons (Fsp3) is 0.800. The molecule has 0 bridgehead atoms. The van der Waals surface area contributed by atoms with E-state index in [1.165, 1.54) is 0 Å². The van der Waals surface area contributed by atoms with Gasteiger partial charge < -0.3 is 9.84 Å². The second-order valence-electron chi connectivity index (χ2n) is 1.43. The lowest BCUT2D eigenvalue weighted by Crippen LogP contribution is -2.04. The van der Waals surface area contributed by atoms with E-state index < -0.39 is 0 Å². The third-order valence-corrected chi connectivity index (χ3v) is 0.604. The maximum Gasteiger partial charge on any atom is 0.0566 e. The van der Waals surface area contributed by atoms with Gasteiger partial charge in [-0.05, 0) is 6.92 Å². The van der Waals surface area contributed by atoms with Gasteiger partial charge in [0, 0.05) is 13.5 Å². The van der Waals surface area contributed by atoms with Crippen LogP contribution in [-0.2, 0) is 4.74 Å². The monoisotopic (exact) mass is 103 g/mol. The zero-order chi connectivity index (χ0) is 5.70. The van der Waals surface area contributed by atoms with Crippen LogP contribution in [0.15, 0.2) is 0 Å². The summed E-state index contributed by atoms with van der Waals surface area (Å²) in [6.45, 7) is 2.22. The van der Waals surface area contributed by atoms with Gasteiger partial charge in [-0.25, -0.2) is 0 Å². The first kappa shape index (κ1) is 6.92. The second-order valence-corrected chi connectivity index (χ2v) is 1.43. The summed E-state index contributed by atoms with van der Waals surface area (Å²) >= 11 is 0. The van der Waals surface area contributed by atoms with Crippen molar-refractivity contribution < 1.29 is 9.84 Å². The molecule has 1 atom stereocenters. The Balaban J connectivity index is 2.68. The van der Waals surface area contributed by atoms with E-state index >= 15 is 0 Å². The van der Waals surface area contributed by atoms with Crippen molar-refractivity contribution in [3.05, 3.63) is 6.42 Å². The van der Waals surface area contributed by atoms with Crippen molar-refractivity contribution in [1.29, 1.82) is 0 Å². The number of aliphatic hydroxyl groups excluding tert-OH is 1. The third-order valence-electron chi connectivity index (χ3n) is 0.604. The van der Waals surface area contributed by atoms with Gasteiger partial charge in [-0.15, -0.1) is 0 Å². The summed E-state index contributed by atoms with van der Waals surface area (Å²) in [5.41, 5.74) is 0. The van der Waals surface area contributed by atoms with Crippen molar-refractivity contribution in [2.45, 2.75) is 13.0 Å². The number of methoxy groups -OCH3 is 1. The van der Waals surface area contributed by atoms with Crippen LogP contribution >= 0.6 is 0 Å². The lowest BCUT2D eigenvalue weighted by Gasteiger charge is -1.98. The fourth-order valence-electron chi connectivity index (χ4n) is 0.235. The Morgan fingerprint density at radius 1 is 1.86 bits per heavy atom. The maximum absolute atomic E-state index is 8.55. The summed E-state index contributed by atoms with van der Waals surface area (Å²) in [5.74, 6) is 0. The van der Waals surface area contributed by atoms with Crippen LogP contribution in [-0.4, -0.2) is 24.9 Å². The van der Waals surface area contributed by atoms with Crippen LogP contribution in [0.1, 0.15) is 6.92 Å². The molecule has 1 unspecified atom stereocenters. The number of hydrogen-bond donors (Lipinski definition) is 1. The van der Waals surface area contributed by atoms with E-state index in [0.717, 1.165) is 0 Å². The first-order valence-electron chi connectivity index (χ1n) is 2.27. The average molecular weight is 103 g/mol. The van der Waals surface area contributed by atoms with Crippen LogP contribution in [0.4, 0.5) is 0 Å². The highest BCUT2D eigenvalue weighted by atomic mass is 16.5. The molecule has 0 heterocycles. The lowest BCUT2D eigenvalue weighted by atomic mass is 10.3. The Bertz CT molecular complexity index is 35.1. The van der Waals surface area contributed by atoms with E-state index in [9.17, 15) is 0 Å². The van der Waals surface area contributed by atoms with Gasteiger partial charge in [0.15, 0.2) is 0 Å². The minimum absolute atomic E-state index is 0.347. The van der Waals surface area contributed by atoms with Crippen molar-refractivity contribution in [2.24, 2.45) is 0 Å². The normalized spacial score (nSPS) is 14.1. The molecular formula is C5H11O2. The molecule has 0 aliphatic heterocycles. The predicted molar refractivity (Wildman–Crippen MR) is 27.9 cm³/mol. The zero-order valence-corrected chi connectivity index (χ0v) is 4.72. The van der Waals surface area contributed by atoms with Crippen LogP contribution in [0.25, 0.3) is 0 Å². The molecule has 43 valence electrons. The lowest BCUT2D eigenvalue weighted by molar-refractivity contribution is 0.169. The predicted octanol–water partition coefficient (Wildman–Crippen LogP) is 0.218. The summed E-state index contributed by atoms with van der Waals surface area (Å²) in [4.78, 5) is 0. The van der Waals surface area contributed by atoms with Crippen LogP contribution in [0, 0.1) is 6.42 Å². The molecule has 2 heteroatoms. The number of ether oxygens (including phenoxy) is 1. The number of aliphatic hydroxyl groups is 1. The number of rotatable bonds is 3. The smallest absolute Gasteiger partial charge is 0.0566 e. The highest BCUT2D eigenvalue weighted by Gasteiger charge is 1.91. The fourth-order valence-corrected chi connectivity index (χ4v) is 0.235. The second kappa shape index (κ2) is 4.09. The molecule has 0 aromatic heterocycles. The van der Waals surface area contributed by atoms with E-state index in [1.807, 2.05) is 0 Å². The molecule has 0 fully saturated rings. The summed E-state index contributed by atoms with van der Waals surface area (Å²) in [7, 11) is 1.60. The quantitative estimate of drug-likeness (QED) is 0.553. The van der Waals surface area contributed by atoms with Crippen LogP contribution in [0.3, 0.4) is 0 Å². The van der Waals surface area contributed by atoms with Crippen molar-refractivity contribution >= 4 is 0 Å². The van der Waals surface area contributed by atoms with Gasteiger partial charge in [-0.1, -0.05) is 0 Å². The van der Waals surface area contributed by atoms with E-state index in [-0.39, 0.29) is 6.10 Å². The largest absolute Gasteiger partial charge is 0.393 e. The molecule has 1 radical (unpaired) electrons. The van der Waals surface area contributed by atoms with Crippen LogP contribution in [0.5, 0.6) is 0 Å². The molecule has 2 nitrogen and oxygen atoms in total. The van der Waals surface area contributed by atoms with Gasteiger partial charge in [0.2, 0.25) is 0 Å². The van der Waals surface area contributed by atoms with E-state index in [1.54, 1.807) is 20.5 Å². The molecule has 0 saturated heterocycles. The molecule has 0 aromatic rings. The molecule has 0 rings (SSSR count). The Labute approximate surface area is 44.1 Å². The summed E-state index contributed by atoms with van der Waals surface area (Å²) in [5, 5.41) is 8.55. The van der Waals surface area contributed by atoms with Gasteiger partial charge in [-0.3, -0.25) is 0 Å². The summed E-state index contributed by atoms with van der Waals surface area (Å²) in [6, 6.07) is 0. The van der Waals surface area contributed by atoms with Gasteiger partial charge in [0.1, 0.15) is 0 Å². The molecule has 0 aliphatic carbocycles. The molecular weight excluding hydrogens is 92.1 g/mol. The Kier molecular flexibility index (Phi) is 4.04. The molecule has 0 saturated carbocycles. The molecule has 7 heavy (non-hydrogen) atoms. The van der Waals surface area contributed by atoms with Crippen molar-refractivity contribution in [3.8, 4) is 0 Å². The van der Waals surface area contributed by atoms with E-state index in [4.69, 9.17) is 5.11 Å². The van der Waals surface area contributed by atoms with Gasteiger partial charge in [-0.2, -0.15) is 0 Å². The van der Waals surface area contributed by atoms with Gasteiger partial charge in [0.25, 0.3) is 0 Å². The van der Waals surface area contributed by atoms with E-state index in [2.05, 4.69) is 4.74 Å². The minimum atomic E-state index is -0.347. The molecule has 0 aliphatic rings. The summed E-state index contributed by atoms with van der Waals surface area (Å²) in [6.07, 6.45) is 1.33. The molecule has 0 aromatic carbocycles. The highest BCUT2D eigenvalue weighted by Crippen LogP contribution is 1.84. The summed E-state index contributed by atoms with van der Waals surface area (Å²) < 4.78 is 4.64. The van der Waals surface area contributed by atoms with Crippen LogP contribution in [0.2, 0.25) is 0 Å². The average Bonchev–Trinajstić information content (AvgIpc) is 1.61. The standard InChI is InChI=1S/C5H11O2/c1-5(6)3-4-7-2/h3,5-6H,4H2,1-2H3. The Morgan fingerprint density at radius 3 is 2.57 bits per heavy atom. The van der Waals surface area contributed by atoms with Crippen LogP contribution < -0.4 is 0 Å². The van der Waals surface area contributed by atoms with Crippen molar-refractivity contribution in [3.63, 3.8) is 0 Å². The highest BCUT2D eigenvalue weighted by molar-refractivity contribution is 4.68. The topological polar surface area (TPSA) is 29.5 Å². The van der Waals surface area contributed by atoms with E-state index in [0.29, 0.717) is 6.61 Å². The Hall–Kier alpha value is -0.0800. The zero-order valence-electron chi connectivity index (χ0n) is 4.72. The molecule has 0 spiro atoms. The van der Waals surface area contributed by atoms with Crippen molar-refractivity contribution in [1.82, 2.24) is 0 Å². The molecule has 1 N–H and O–H groups in total.